The van der Waals surface area contributed by atoms with E-state index in [2.05, 4.69) is 58.1 Å². The van der Waals surface area contributed by atoms with Crippen molar-refractivity contribution in [3.63, 3.8) is 0 Å². The van der Waals surface area contributed by atoms with Gasteiger partial charge in [-0.05, 0) is 72.6 Å². The summed E-state index contributed by atoms with van der Waals surface area (Å²) in [5, 5.41) is 6.44. The Hall–Kier alpha value is -3.34. The van der Waals surface area contributed by atoms with Gasteiger partial charge < -0.3 is 5.32 Å². The van der Waals surface area contributed by atoms with Crippen molar-refractivity contribution in [3.8, 4) is 11.1 Å². The van der Waals surface area contributed by atoms with Crippen molar-refractivity contribution < 1.29 is 4.79 Å². The number of aromatic nitrogens is 1. The van der Waals surface area contributed by atoms with Crippen LogP contribution in [0.2, 0.25) is 0 Å². The van der Waals surface area contributed by atoms with Gasteiger partial charge in [-0.15, -0.1) is 0 Å². The van der Waals surface area contributed by atoms with Crippen LogP contribution in [0.3, 0.4) is 0 Å². The lowest BCUT2D eigenvalue weighted by atomic mass is 9.93. The highest BCUT2D eigenvalue weighted by atomic mass is 16.2. The first kappa shape index (κ1) is 20.6. The smallest absolute Gasteiger partial charge is 0.327 e. The molecule has 2 N–H and O–H groups in total. The number of rotatable bonds is 3. The van der Waals surface area contributed by atoms with Crippen LogP contribution >= 0.6 is 0 Å². The Morgan fingerprint density at radius 2 is 1.88 bits per heavy atom. The molecule has 2 aromatic carbocycles. The average molecular weight is 427 g/mol. The molecule has 2 heterocycles. The number of amides is 2. The Bertz CT molecular complexity index is 1100. The Morgan fingerprint density at radius 1 is 1.03 bits per heavy atom. The van der Waals surface area contributed by atoms with Crippen LogP contribution in [0.5, 0.6) is 0 Å². The van der Waals surface area contributed by atoms with Crippen LogP contribution < -0.4 is 15.5 Å². The summed E-state index contributed by atoms with van der Waals surface area (Å²) in [6.07, 6.45) is 7.90. The van der Waals surface area contributed by atoms with E-state index in [0.717, 1.165) is 35.5 Å². The van der Waals surface area contributed by atoms with Crippen LogP contribution in [0, 0.1) is 6.92 Å². The molecular weight excluding hydrogens is 396 g/mol. The highest BCUT2D eigenvalue weighted by Crippen LogP contribution is 2.37. The normalized spacial score (nSPS) is 16.2. The molecule has 0 unspecified atom stereocenters. The van der Waals surface area contributed by atoms with E-state index in [1.807, 2.05) is 24.0 Å². The molecular formula is C27H30N4O. The van der Waals surface area contributed by atoms with Crippen LogP contribution in [0.1, 0.15) is 49.1 Å². The van der Waals surface area contributed by atoms with E-state index in [0.29, 0.717) is 18.3 Å². The summed E-state index contributed by atoms with van der Waals surface area (Å²) in [6.45, 7) is 3.48. The summed E-state index contributed by atoms with van der Waals surface area (Å²) in [5.74, 6) is 1.25. The van der Waals surface area contributed by atoms with E-state index in [9.17, 15) is 4.79 Å². The fourth-order valence-electron chi connectivity index (χ4n) is 4.83. The van der Waals surface area contributed by atoms with E-state index in [4.69, 9.17) is 0 Å². The first-order chi connectivity index (χ1) is 15.7. The zero-order chi connectivity index (χ0) is 21.9. The number of nitrogens with one attached hydrogen (secondary N) is 2. The van der Waals surface area contributed by atoms with E-state index in [-0.39, 0.29) is 6.03 Å². The van der Waals surface area contributed by atoms with Crippen LogP contribution in [-0.2, 0) is 0 Å². The largest absolute Gasteiger partial charge is 0.383 e. The standard InChI is InChI=1S/C27H30N4O/c1-19-10-13-26(29-18-19)30-27(32)31-15-5-14-28-24-12-11-23(17-25(24)31)22-9-4-8-21(16-22)20-6-2-3-7-20/h4,8-13,16-18,20,28H,2-3,5-7,14-15H2,1H3,(H,29,30,32). The quantitative estimate of drug-likeness (QED) is 0.498. The van der Waals surface area contributed by atoms with Crippen molar-refractivity contribution in [1.29, 1.82) is 0 Å². The minimum absolute atomic E-state index is 0.150. The molecule has 1 aliphatic carbocycles. The van der Waals surface area contributed by atoms with E-state index in [1.54, 1.807) is 6.20 Å². The van der Waals surface area contributed by atoms with Gasteiger partial charge >= 0.3 is 6.03 Å². The van der Waals surface area contributed by atoms with Crippen molar-refractivity contribution in [1.82, 2.24) is 4.98 Å². The Kier molecular flexibility index (Phi) is 5.80. The molecule has 2 amide bonds. The van der Waals surface area contributed by atoms with Gasteiger partial charge in [-0.2, -0.15) is 0 Å². The molecule has 0 atom stereocenters. The molecule has 3 aromatic rings. The molecule has 32 heavy (non-hydrogen) atoms. The van der Waals surface area contributed by atoms with Gasteiger partial charge in [0.25, 0.3) is 0 Å². The molecule has 5 nitrogen and oxygen atoms in total. The van der Waals surface area contributed by atoms with Gasteiger partial charge in [0.05, 0.1) is 11.4 Å². The summed E-state index contributed by atoms with van der Waals surface area (Å²) in [4.78, 5) is 19.4. The minimum Gasteiger partial charge on any atom is -0.383 e. The molecule has 5 rings (SSSR count). The lowest BCUT2D eigenvalue weighted by molar-refractivity contribution is 0.257. The van der Waals surface area contributed by atoms with Gasteiger partial charge in [-0.3, -0.25) is 10.2 Å². The number of benzene rings is 2. The maximum Gasteiger partial charge on any atom is 0.327 e. The minimum atomic E-state index is -0.150. The second-order valence-electron chi connectivity index (χ2n) is 8.92. The van der Waals surface area contributed by atoms with Crippen LogP contribution in [0.4, 0.5) is 22.0 Å². The molecule has 5 heteroatoms. The highest BCUT2D eigenvalue weighted by Gasteiger charge is 2.23. The molecule has 0 radical (unpaired) electrons. The van der Waals surface area contributed by atoms with Crippen molar-refractivity contribution in [3.05, 3.63) is 71.9 Å². The van der Waals surface area contributed by atoms with E-state index in [1.165, 1.54) is 36.8 Å². The van der Waals surface area contributed by atoms with Gasteiger partial charge in [-0.1, -0.05) is 49.2 Å². The molecule has 1 saturated carbocycles. The van der Waals surface area contributed by atoms with Gasteiger partial charge in [0, 0.05) is 19.3 Å². The Morgan fingerprint density at radius 3 is 2.69 bits per heavy atom. The van der Waals surface area contributed by atoms with E-state index < -0.39 is 0 Å². The van der Waals surface area contributed by atoms with Gasteiger partial charge in [-0.25, -0.2) is 9.78 Å². The van der Waals surface area contributed by atoms with Crippen molar-refractivity contribution in [2.24, 2.45) is 0 Å². The first-order valence-corrected chi connectivity index (χ1v) is 11.7. The number of carbonyl (C=O) groups is 1. The van der Waals surface area contributed by atoms with Crippen LogP contribution in [0.25, 0.3) is 11.1 Å². The lowest BCUT2D eigenvalue weighted by Gasteiger charge is -2.23. The maximum absolute atomic E-state index is 13.2. The lowest BCUT2D eigenvalue weighted by Crippen LogP contribution is -2.35. The topological polar surface area (TPSA) is 57.3 Å². The number of aryl methyl sites for hydroxylation is 1. The fourth-order valence-corrected chi connectivity index (χ4v) is 4.83. The zero-order valence-electron chi connectivity index (χ0n) is 18.6. The Balaban J connectivity index is 1.45. The third kappa shape index (κ3) is 4.33. The number of fused-ring (bicyclic) bond motifs is 1. The van der Waals surface area contributed by atoms with Crippen molar-refractivity contribution in [2.45, 2.75) is 44.9 Å². The monoisotopic (exact) mass is 426 g/mol. The van der Waals surface area contributed by atoms with Crippen molar-refractivity contribution in [2.75, 3.05) is 28.6 Å². The van der Waals surface area contributed by atoms with Gasteiger partial charge in [0.15, 0.2) is 0 Å². The van der Waals surface area contributed by atoms with Crippen LogP contribution in [-0.4, -0.2) is 24.1 Å². The third-order valence-electron chi connectivity index (χ3n) is 6.60. The molecule has 1 aromatic heterocycles. The summed E-state index contributed by atoms with van der Waals surface area (Å²) in [6, 6.07) is 19.0. The summed E-state index contributed by atoms with van der Waals surface area (Å²) >= 11 is 0. The number of anilines is 3. The number of pyridine rings is 1. The summed E-state index contributed by atoms with van der Waals surface area (Å²) in [5.41, 5.74) is 6.76. The molecule has 0 bridgehead atoms. The third-order valence-corrected chi connectivity index (χ3v) is 6.60. The fraction of sp³-hybridized carbons (Fsp3) is 0.333. The van der Waals surface area contributed by atoms with Gasteiger partial charge in [0.1, 0.15) is 5.82 Å². The summed E-state index contributed by atoms with van der Waals surface area (Å²) < 4.78 is 0. The molecule has 164 valence electrons. The predicted octanol–water partition coefficient (Wildman–Crippen LogP) is 6.57. The molecule has 0 saturated heterocycles. The second-order valence-corrected chi connectivity index (χ2v) is 8.92. The van der Waals surface area contributed by atoms with Crippen LogP contribution in [0.15, 0.2) is 60.8 Å². The number of hydrogen-bond donors (Lipinski definition) is 2. The second kappa shape index (κ2) is 9.03. The van der Waals surface area contributed by atoms with Crippen molar-refractivity contribution >= 4 is 23.2 Å². The molecule has 1 fully saturated rings. The molecule has 0 spiro atoms. The highest BCUT2D eigenvalue weighted by molar-refractivity contribution is 6.04. The number of nitrogens with zero attached hydrogens (tertiary/aromatic N) is 2. The van der Waals surface area contributed by atoms with E-state index >= 15 is 0 Å². The SMILES string of the molecule is Cc1ccc(NC(=O)N2CCCNc3ccc(-c4cccc(C5CCCC5)c4)cc32)nc1. The summed E-state index contributed by atoms with van der Waals surface area (Å²) in [7, 11) is 0. The number of carbonyl (C=O) groups excluding carboxylic acids is 1. The molecule has 2 aliphatic rings. The number of urea groups is 1. The zero-order valence-corrected chi connectivity index (χ0v) is 18.6. The van der Waals surface area contributed by atoms with Gasteiger partial charge in [0.2, 0.25) is 0 Å². The molecule has 1 aliphatic heterocycles. The first-order valence-electron chi connectivity index (χ1n) is 11.7. The number of hydrogen-bond acceptors (Lipinski definition) is 3. The predicted molar refractivity (Wildman–Crippen MR) is 132 cm³/mol. The average Bonchev–Trinajstić information content (AvgIpc) is 3.28. The Labute approximate surface area is 189 Å². The maximum atomic E-state index is 13.2.